The molecular weight excluding hydrogens is 397 g/mol. The maximum atomic E-state index is 12.8. The highest BCUT2D eigenvalue weighted by Crippen LogP contribution is 2.33. The van der Waals surface area contributed by atoms with Crippen molar-refractivity contribution in [3.63, 3.8) is 0 Å². The minimum Gasteiger partial charge on any atom is -0.330 e. The molecule has 2 atom stereocenters. The van der Waals surface area contributed by atoms with E-state index in [0.29, 0.717) is 25.3 Å². The molecular formula is C17H25Cl2N3O3S. The van der Waals surface area contributed by atoms with Crippen molar-refractivity contribution in [3.05, 3.63) is 23.2 Å². The predicted octanol–water partition coefficient (Wildman–Crippen LogP) is 2.86. The van der Waals surface area contributed by atoms with Crippen molar-refractivity contribution in [1.29, 1.82) is 0 Å². The van der Waals surface area contributed by atoms with E-state index in [0.717, 1.165) is 32.1 Å². The lowest BCUT2D eigenvalue weighted by Gasteiger charge is -2.19. The van der Waals surface area contributed by atoms with Crippen molar-refractivity contribution in [1.82, 2.24) is 4.31 Å². The molecule has 0 unspecified atom stereocenters. The van der Waals surface area contributed by atoms with Crippen molar-refractivity contribution in [2.45, 2.75) is 37.0 Å². The first-order valence-electron chi connectivity index (χ1n) is 8.74. The van der Waals surface area contributed by atoms with Crippen LogP contribution in [0.4, 0.5) is 5.69 Å². The SMILES string of the molecule is Cl.NC[C@H]1CCC[C@H]1C(=O)Nc1ccc(Cl)c(S(=O)(=O)N2CCCC2)c1. The van der Waals surface area contributed by atoms with E-state index in [9.17, 15) is 13.2 Å². The molecule has 1 aliphatic carbocycles. The molecule has 1 heterocycles. The summed E-state index contributed by atoms with van der Waals surface area (Å²) in [5, 5.41) is 3.01. The summed E-state index contributed by atoms with van der Waals surface area (Å²) in [6.07, 6.45) is 4.49. The lowest BCUT2D eigenvalue weighted by molar-refractivity contribution is -0.120. The van der Waals surface area contributed by atoms with Crippen LogP contribution in [0.2, 0.25) is 5.02 Å². The van der Waals surface area contributed by atoms with Crippen molar-refractivity contribution in [3.8, 4) is 0 Å². The Hall–Kier alpha value is -0.860. The number of hydrogen-bond acceptors (Lipinski definition) is 4. The summed E-state index contributed by atoms with van der Waals surface area (Å²) in [6.45, 7) is 1.51. The van der Waals surface area contributed by atoms with Crippen molar-refractivity contribution in [2.75, 3.05) is 25.0 Å². The number of rotatable bonds is 5. The summed E-state index contributed by atoms with van der Waals surface area (Å²) in [6, 6.07) is 4.62. The summed E-state index contributed by atoms with van der Waals surface area (Å²) < 4.78 is 27.0. The Bertz CT molecular complexity index is 752. The maximum absolute atomic E-state index is 12.8. The molecule has 1 saturated carbocycles. The van der Waals surface area contributed by atoms with Gasteiger partial charge >= 0.3 is 0 Å². The van der Waals surface area contributed by atoms with E-state index in [-0.39, 0.29) is 40.1 Å². The van der Waals surface area contributed by atoms with Crippen LogP contribution in [0.3, 0.4) is 0 Å². The number of nitrogens with one attached hydrogen (secondary N) is 1. The summed E-state index contributed by atoms with van der Waals surface area (Å²) in [7, 11) is -3.63. The van der Waals surface area contributed by atoms with Crippen LogP contribution in [0.15, 0.2) is 23.1 Å². The molecule has 1 amide bonds. The van der Waals surface area contributed by atoms with Gasteiger partial charge in [-0.05, 0) is 56.3 Å². The van der Waals surface area contributed by atoms with E-state index in [1.165, 1.54) is 16.4 Å². The van der Waals surface area contributed by atoms with E-state index in [2.05, 4.69) is 5.32 Å². The smallest absolute Gasteiger partial charge is 0.244 e. The number of carbonyl (C=O) groups excluding carboxylic acids is 1. The standard InChI is InChI=1S/C17H24ClN3O3S.ClH/c18-15-7-6-13(20-17(22)14-5-3-4-12(14)11-19)10-16(15)25(23,24)21-8-1-2-9-21;/h6-7,10,12,14H,1-5,8-9,11,19H2,(H,20,22);1H/t12-,14-;/m1./s1. The normalized spacial score (nSPS) is 23.6. The van der Waals surface area contributed by atoms with E-state index in [1.807, 2.05) is 0 Å². The van der Waals surface area contributed by atoms with Crippen molar-refractivity contribution >= 4 is 45.6 Å². The van der Waals surface area contributed by atoms with Crippen LogP contribution in [0.25, 0.3) is 0 Å². The van der Waals surface area contributed by atoms with Gasteiger partial charge in [0.05, 0.1) is 5.02 Å². The van der Waals surface area contributed by atoms with Gasteiger partial charge in [0.1, 0.15) is 4.90 Å². The number of anilines is 1. The van der Waals surface area contributed by atoms with Gasteiger partial charge in [-0.15, -0.1) is 12.4 Å². The molecule has 0 aromatic heterocycles. The number of amides is 1. The molecule has 3 rings (SSSR count). The highest BCUT2D eigenvalue weighted by atomic mass is 35.5. The minimum absolute atomic E-state index is 0. The Balaban J connectivity index is 0.00000243. The van der Waals surface area contributed by atoms with E-state index in [4.69, 9.17) is 17.3 Å². The Morgan fingerprint density at radius 3 is 2.58 bits per heavy atom. The Kier molecular flexibility index (Phi) is 7.33. The zero-order chi connectivity index (χ0) is 18.0. The van der Waals surface area contributed by atoms with Gasteiger partial charge in [-0.3, -0.25) is 4.79 Å². The number of benzene rings is 1. The average molecular weight is 422 g/mol. The van der Waals surface area contributed by atoms with Crippen LogP contribution in [-0.4, -0.2) is 38.3 Å². The summed E-state index contributed by atoms with van der Waals surface area (Å²) in [4.78, 5) is 12.6. The van der Waals surface area contributed by atoms with E-state index >= 15 is 0 Å². The molecule has 3 N–H and O–H groups in total. The zero-order valence-electron chi connectivity index (χ0n) is 14.5. The van der Waals surface area contributed by atoms with Crippen LogP contribution < -0.4 is 11.1 Å². The largest absolute Gasteiger partial charge is 0.330 e. The zero-order valence-corrected chi connectivity index (χ0v) is 16.9. The van der Waals surface area contributed by atoms with Gasteiger partial charge in [-0.1, -0.05) is 18.0 Å². The van der Waals surface area contributed by atoms with Crippen LogP contribution >= 0.6 is 24.0 Å². The van der Waals surface area contributed by atoms with Gasteiger partial charge in [-0.25, -0.2) is 8.42 Å². The monoisotopic (exact) mass is 421 g/mol. The molecule has 0 radical (unpaired) electrons. The molecule has 0 spiro atoms. The van der Waals surface area contributed by atoms with Crippen LogP contribution in [0.1, 0.15) is 32.1 Å². The van der Waals surface area contributed by atoms with Gasteiger partial charge in [-0.2, -0.15) is 4.31 Å². The molecule has 9 heteroatoms. The first kappa shape index (κ1) is 21.4. The second-order valence-corrected chi connectivity index (χ2v) is 9.09. The molecule has 0 bridgehead atoms. The lowest BCUT2D eigenvalue weighted by Crippen LogP contribution is -2.30. The Labute approximate surface area is 165 Å². The fourth-order valence-corrected chi connectivity index (χ4v) is 5.76. The van der Waals surface area contributed by atoms with Crippen LogP contribution in [-0.2, 0) is 14.8 Å². The predicted molar refractivity (Wildman–Crippen MR) is 105 cm³/mol. The third-order valence-corrected chi connectivity index (χ3v) is 7.56. The van der Waals surface area contributed by atoms with E-state index < -0.39 is 10.0 Å². The summed E-state index contributed by atoms with van der Waals surface area (Å²) in [5.74, 6) is -0.0146. The first-order chi connectivity index (χ1) is 11.9. The number of nitrogens with zero attached hydrogens (tertiary/aromatic N) is 1. The first-order valence-corrected chi connectivity index (χ1v) is 10.6. The molecule has 146 valence electrons. The van der Waals surface area contributed by atoms with Gasteiger partial charge in [0.2, 0.25) is 15.9 Å². The molecule has 2 fully saturated rings. The second-order valence-electron chi connectivity index (χ2n) is 6.78. The second kappa shape index (κ2) is 8.89. The van der Waals surface area contributed by atoms with Crippen molar-refractivity contribution < 1.29 is 13.2 Å². The van der Waals surface area contributed by atoms with Gasteiger partial charge in [0, 0.05) is 24.7 Å². The van der Waals surface area contributed by atoms with Crippen LogP contribution in [0.5, 0.6) is 0 Å². The molecule has 26 heavy (non-hydrogen) atoms. The number of nitrogens with two attached hydrogens (primary N) is 1. The fraction of sp³-hybridized carbons (Fsp3) is 0.588. The fourth-order valence-electron chi connectivity index (χ4n) is 3.75. The average Bonchev–Trinajstić information content (AvgIpc) is 3.27. The van der Waals surface area contributed by atoms with Gasteiger partial charge in [0.15, 0.2) is 0 Å². The highest BCUT2D eigenvalue weighted by Gasteiger charge is 2.33. The van der Waals surface area contributed by atoms with Crippen LogP contribution in [0, 0.1) is 11.8 Å². The summed E-state index contributed by atoms with van der Waals surface area (Å²) >= 11 is 6.13. The Morgan fingerprint density at radius 2 is 1.92 bits per heavy atom. The maximum Gasteiger partial charge on any atom is 0.244 e. The highest BCUT2D eigenvalue weighted by molar-refractivity contribution is 7.89. The van der Waals surface area contributed by atoms with Crippen molar-refractivity contribution in [2.24, 2.45) is 17.6 Å². The third kappa shape index (κ3) is 4.34. The number of hydrogen-bond donors (Lipinski definition) is 2. The quantitative estimate of drug-likeness (QED) is 0.763. The van der Waals surface area contributed by atoms with Gasteiger partial charge < -0.3 is 11.1 Å². The Morgan fingerprint density at radius 1 is 1.23 bits per heavy atom. The third-order valence-electron chi connectivity index (χ3n) is 5.18. The molecule has 2 aliphatic rings. The molecule has 1 aromatic rings. The molecule has 1 saturated heterocycles. The number of sulfonamides is 1. The molecule has 1 aromatic carbocycles. The number of carbonyl (C=O) groups is 1. The lowest BCUT2D eigenvalue weighted by atomic mass is 9.95. The molecule has 6 nitrogen and oxygen atoms in total. The van der Waals surface area contributed by atoms with E-state index in [1.54, 1.807) is 6.07 Å². The summed E-state index contributed by atoms with van der Waals surface area (Å²) in [5.41, 5.74) is 6.20. The van der Waals surface area contributed by atoms with Gasteiger partial charge in [0.25, 0.3) is 0 Å². The topological polar surface area (TPSA) is 92.5 Å². The minimum atomic E-state index is -3.63. The number of halogens is 2. The molecule has 1 aliphatic heterocycles.